The molecule has 0 aromatic carbocycles. The molecule has 0 atom stereocenters. The molecule has 8 heteroatoms. The molecule has 1 aromatic heterocycles. The maximum Gasteiger partial charge on any atom is 0.453 e. The van der Waals surface area contributed by atoms with E-state index in [0.717, 1.165) is 39.0 Å². The van der Waals surface area contributed by atoms with Gasteiger partial charge in [-0.25, -0.2) is 0 Å². The predicted octanol–water partition coefficient (Wildman–Crippen LogP) is 4.42. The molecule has 0 bridgehead atoms. The van der Waals surface area contributed by atoms with Crippen molar-refractivity contribution in [3.63, 3.8) is 0 Å². The average Bonchev–Trinajstić information content (AvgIpc) is 2.59. The van der Waals surface area contributed by atoms with Gasteiger partial charge in [0.2, 0.25) is 0 Å². The number of aromatic nitrogens is 1. The molecule has 0 aliphatic carbocycles. The third-order valence-corrected chi connectivity index (χ3v) is 4.30. The van der Waals surface area contributed by atoms with E-state index in [2.05, 4.69) is 29.0 Å². The molecule has 150 valence electrons. The summed E-state index contributed by atoms with van der Waals surface area (Å²) in [5.74, 6) is -4.67. The van der Waals surface area contributed by atoms with E-state index in [0.29, 0.717) is 17.8 Å². The number of hydrogen-bond acceptors (Lipinski definition) is 3. The third-order valence-electron chi connectivity index (χ3n) is 4.30. The second-order valence-electron chi connectivity index (χ2n) is 6.27. The van der Waals surface area contributed by atoms with Crippen LogP contribution in [0, 0.1) is 0 Å². The van der Waals surface area contributed by atoms with Gasteiger partial charge in [-0.05, 0) is 63.1 Å². The highest BCUT2D eigenvalue weighted by molar-refractivity contribution is 5.17. The Hall–Kier alpha value is -1.28. The molecule has 0 aliphatic rings. The van der Waals surface area contributed by atoms with Gasteiger partial charge in [0.15, 0.2) is 0 Å². The van der Waals surface area contributed by atoms with Crippen LogP contribution in [0.4, 0.5) is 22.0 Å². The van der Waals surface area contributed by atoms with Crippen LogP contribution in [0.5, 0.6) is 0 Å². The maximum atomic E-state index is 13.0. The summed E-state index contributed by atoms with van der Waals surface area (Å²) in [6.45, 7) is 8.65. The van der Waals surface area contributed by atoms with Crippen molar-refractivity contribution in [2.75, 3.05) is 26.2 Å². The van der Waals surface area contributed by atoms with Crippen LogP contribution >= 0.6 is 0 Å². The Morgan fingerprint density at radius 1 is 1.08 bits per heavy atom. The van der Waals surface area contributed by atoms with Gasteiger partial charge in [-0.3, -0.25) is 4.98 Å². The lowest BCUT2D eigenvalue weighted by Crippen LogP contribution is -2.36. The summed E-state index contributed by atoms with van der Waals surface area (Å²) in [6.07, 6.45) is -3.57. The molecule has 1 rings (SSSR count). The summed E-state index contributed by atoms with van der Waals surface area (Å²) in [7, 11) is 0. The first-order chi connectivity index (χ1) is 12.2. The Kier molecular flexibility index (Phi) is 9.43. The number of nitrogens with zero attached hydrogens (tertiary/aromatic N) is 2. The van der Waals surface area contributed by atoms with Crippen molar-refractivity contribution in [1.82, 2.24) is 15.2 Å². The van der Waals surface area contributed by atoms with Crippen LogP contribution in [-0.4, -0.2) is 48.2 Å². The first-order valence-corrected chi connectivity index (χ1v) is 9.01. The molecule has 0 amide bonds. The number of pyridine rings is 1. The van der Waals surface area contributed by atoms with Gasteiger partial charge in [0.1, 0.15) is 0 Å². The van der Waals surface area contributed by atoms with Crippen LogP contribution in [0.3, 0.4) is 0 Å². The number of alkyl halides is 5. The molecule has 0 spiro atoms. The topological polar surface area (TPSA) is 28.2 Å². The smallest absolute Gasteiger partial charge is 0.311 e. The fourth-order valence-electron chi connectivity index (χ4n) is 2.57. The molecule has 1 N–H and O–H groups in total. The third kappa shape index (κ3) is 7.95. The number of nitrogens with one attached hydrogen (secondary N) is 1. The van der Waals surface area contributed by atoms with Crippen LogP contribution in [0.1, 0.15) is 44.4 Å². The van der Waals surface area contributed by atoms with Crippen molar-refractivity contribution in [2.45, 2.75) is 58.2 Å². The largest absolute Gasteiger partial charge is 0.453 e. The molecule has 0 saturated carbocycles. The van der Waals surface area contributed by atoms with Crippen molar-refractivity contribution in [2.24, 2.45) is 0 Å². The Balaban J connectivity index is 2.34. The molecular formula is C18H28F5N3. The standard InChI is InChI=1S/C18H28F5N3/c1-3-26(4-2)12-6-5-10-24-14-16-13-15(8-11-25-16)7-9-17(19,20)18(21,22)23/h8,11,13,24H,3-7,9-10,12,14H2,1-2H3. The van der Waals surface area contributed by atoms with E-state index in [-0.39, 0.29) is 6.42 Å². The summed E-state index contributed by atoms with van der Waals surface area (Å²) >= 11 is 0. The number of aryl methyl sites for hydroxylation is 1. The molecule has 0 fully saturated rings. The Labute approximate surface area is 152 Å². The molecule has 1 heterocycles. The molecule has 1 aromatic rings. The maximum absolute atomic E-state index is 13.0. The number of hydrogen-bond donors (Lipinski definition) is 1. The zero-order valence-corrected chi connectivity index (χ0v) is 15.4. The molecule has 3 nitrogen and oxygen atoms in total. The van der Waals surface area contributed by atoms with Gasteiger partial charge in [-0.2, -0.15) is 22.0 Å². The molecule has 0 saturated heterocycles. The van der Waals surface area contributed by atoms with Crippen molar-refractivity contribution in [3.05, 3.63) is 29.6 Å². The van der Waals surface area contributed by atoms with E-state index in [4.69, 9.17) is 0 Å². The highest BCUT2D eigenvalue weighted by Crippen LogP contribution is 2.38. The van der Waals surface area contributed by atoms with E-state index < -0.39 is 18.5 Å². The minimum atomic E-state index is -5.50. The normalized spacial score (nSPS) is 12.8. The summed E-state index contributed by atoms with van der Waals surface area (Å²) in [5, 5.41) is 3.23. The lowest BCUT2D eigenvalue weighted by Gasteiger charge is -2.19. The van der Waals surface area contributed by atoms with Crippen LogP contribution in [0.25, 0.3) is 0 Å². The van der Waals surface area contributed by atoms with Crippen LogP contribution in [0.15, 0.2) is 18.3 Å². The summed E-state index contributed by atoms with van der Waals surface area (Å²) in [4.78, 5) is 6.47. The SMILES string of the molecule is CCN(CC)CCCCNCc1cc(CCC(F)(F)C(F)(F)F)ccn1. The van der Waals surface area contributed by atoms with E-state index in [9.17, 15) is 22.0 Å². The summed E-state index contributed by atoms with van der Waals surface area (Å²) in [6, 6.07) is 3.05. The first-order valence-electron chi connectivity index (χ1n) is 9.01. The van der Waals surface area contributed by atoms with Gasteiger partial charge >= 0.3 is 12.1 Å². The van der Waals surface area contributed by atoms with Crippen molar-refractivity contribution >= 4 is 0 Å². The van der Waals surface area contributed by atoms with Gasteiger partial charge in [0.05, 0.1) is 5.69 Å². The first kappa shape index (κ1) is 22.8. The van der Waals surface area contributed by atoms with E-state index in [1.807, 2.05) is 0 Å². The highest BCUT2D eigenvalue weighted by atomic mass is 19.4. The Bertz CT molecular complexity index is 516. The summed E-state index contributed by atoms with van der Waals surface area (Å²) in [5.41, 5.74) is 1.07. The van der Waals surface area contributed by atoms with E-state index >= 15 is 0 Å². The molecule has 0 aliphatic heterocycles. The second-order valence-corrected chi connectivity index (χ2v) is 6.27. The lowest BCUT2D eigenvalue weighted by molar-refractivity contribution is -0.284. The van der Waals surface area contributed by atoms with Crippen molar-refractivity contribution in [1.29, 1.82) is 0 Å². The molecule has 0 radical (unpaired) electrons. The number of rotatable bonds is 12. The minimum absolute atomic E-state index is 0.341. The minimum Gasteiger partial charge on any atom is -0.311 e. The van der Waals surface area contributed by atoms with E-state index in [1.54, 1.807) is 6.07 Å². The van der Waals surface area contributed by atoms with Crippen molar-refractivity contribution < 1.29 is 22.0 Å². The lowest BCUT2D eigenvalue weighted by atomic mass is 10.1. The van der Waals surface area contributed by atoms with Crippen molar-refractivity contribution in [3.8, 4) is 0 Å². The summed E-state index contributed by atoms with van der Waals surface area (Å²) < 4.78 is 62.6. The zero-order valence-electron chi connectivity index (χ0n) is 15.4. The van der Waals surface area contributed by atoms with Gasteiger partial charge in [0.25, 0.3) is 0 Å². The van der Waals surface area contributed by atoms with Gasteiger partial charge < -0.3 is 10.2 Å². The average molecular weight is 381 g/mol. The molecule has 0 unspecified atom stereocenters. The van der Waals surface area contributed by atoms with Gasteiger partial charge in [0, 0.05) is 19.2 Å². The molecular weight excluding hydrogens is 353 g/mol. The van der Waals surface area contributed by atoms with Gasteiger partial charge in [-0.1, -0.05) is 13.8 Å². The number of halogens is 5. The predicted molar refractivity (Wildman–Crippen MR) is 92.3 cm³/mol. The zero-order chi connectivity index (χ0) is 19.6. The van der Waals surface area contributed by atoms with Crippen LogP contribution in [-0.2, 0) is 13.0 Å². The highest BCUT2D eigenvalue weighted by Gasteiger charge is 2.56. The van der Waals surface area contributed by atoms with Crippen LogP contribution in [0.2, 0.25) is 0 Å². The van der Waals surface area contributed by atoms with Gasteiger partial charge in [-0.15, -0.1) is 0 Å². The fourth-order valence-corrected chi connectivity index (χ4v) is 2.57. The van der Waals surface area contributed by atoms with E-state index in [1.165, 1.54) is 12.3 Å². The molecule has 26 heavy (non-hydrogen) atoms. The number of unbranched alkanes of at least 4 members (excludes halogenated alkanes) is 1. The second kappa shape index (κ2) is 10.8. The van der Waals surface area contributed by atoms with Crippen LogP contribution < -0.4 is 5.32 Å². The monoisotopic (exact) mass is 381 g/mol. The Morgan fingerprint density at radius 2 is 1.77 bits per heavy atom. The quantitative estimate of drug-likeness (QED) is 0.429. The Morgan fingerprint density at radius 3 is 2.38 bits per heavy atom. The fraction of sp³-hybridized carbons (Fsp3) is 0.722.